The third-order valence-corrected chi connectivity index (χ3v) is 2.36. The Morgan fingerprint density at radius 1 is 1.43 bits per heavy atom. The highest BCUT2D eigenvalue weighted by molar-refractivity contribution is 6.29. The molecule has 0 aliphatic carbocycles. The van der Waals surface area contributed by atoms with E-state index in [2.05, 4.69) is 5.32 Å². The van der Waals surface area contributed by atoms with E-state index in [-0.39, 0.29) is 22.9 Å². The summed E-state index contributed by atoms with van der Waals surface area (Å²) in [5, 5.41) is 3.05. The first-order valence-electron chi connectivity index (χ1n) is 4.57. The van der Waals surface area contributed by atoms with Crippen LogP contribution in [-0.2, 0) is 0 Å². The number of carbonyl (C=O) groups excluding carboxylic acids is 1. The molecule has 0 spiro atoms. The van der Waals surface area contributed by atoms with Gasteiger partial charge in [-0.05, 0) is 36.6 Å². The molecule has 0 aliphatic heterocycles. The smallest absolute Gasteiger partial charge is 0.287 e. The topological polar surface area (TPSA) is 42.2 Å². The van der Waals surface area contributed by atoms with Gasteiger partial charge in [-0.3, -0.25) is 4.79 Å². The fourth-order valence-electron chi connectivity index (χ4n) is 0.881. The monoisotopic (exact) mass is 215 g/mol. The van der Waals surface area contributed by atoms with Crippen LogP contribution in [0.4, 0.5) is 0 Å². The van der Waals surface area contributed by atoms with E-state index in [1.54, 1.807) is 12.1 Å². The van der Waals surface area contributed by atoms with Gasteiger partial charge in [-0.25, -0.2) is 0 Å². The Balaban J connectivity index is 2.59. The zero-order valence-corrected chi connectivity index (χ0v) is 9.26. The van der Waals surface area contributed by atoms with Crippen LogP contribution in [0.2, 0.25) is 5.22 Å². The fraction of sp³-hybridized carbons (Fsp3) is 0.500. The van der Waals surface area contributed by atoms with Crippen LogP contribution in [0.25, 0.3) is 0 Å². The van der Waals surface area contributed by atoms with E-state index in [0.717, 1.165) is 0 Å². The quantitative estimate of drug-likeness (QED) is 0.843. The molecule has 0 aromatic carbocycles. The van der Waals surface area contributed by atoms with Gasteiger partial charge in [-0.1, -0.05) is 13.8 Å². The van der Waals surface area contributed by atoms with Gasteiger partial charge in [-0.15, -0.1) is 0 Å². The van der Waals surface area contributed by atoms with Crippen LogP contribution in [0.15, 0.2) is 16.5 Å². The molecule has 0 saturated heterocycles. The first-order chi connectivity index (χ1) is 6.50. The summed E-state index contributed by atoms with van der Waals surface area (Å²) >= 11 is 5.56. The zero-order valence-electron chi connectivity index (χ0n) is 8.50. The van der Waals surface area contributed by atoms with Crippen molar-refractivity contribution in [1.29, 1.82) is 0 Å². The summed E-state index contributed by atoms with van der Waals surface area (Å²) in [5.41, 5.74) is 0. The zero-order chi connectivity index (χ0) is 10.7. The van der Waals surface area contributed by atoms with E-state index in [1.165, 1.54) is 0 Å². The maximum Gasteiger partial charge on any atom is 0.287 e. The number of hydrogen-bond donors (Lipinski definition) is 1. The Hall–Kier alpha value is -0.960. The molecule has 0 saturated carbocycles. The third kappa shape index (κ3) is 2.77. The highest BCUT2D eigenvalue weighted by Gasteiger charge is 2.14. The van der Waals surface area contributed by atoms with Gasteiger partial charge in [-0.2, -0.15) is 0 Å². The molecule has 78 valence electrons. The van der Waals surface area contributed by atoms with Gasteiger partial charge in [0.1, 0.15) is 0 Å². The molecule has 1 N–H and O–H groups in total. The number of furan rings is 1. The SMILES string of the molecule is CC(C)C(C)NC(=O)c1ccc(Cl)o1. The lowest BCUT2D eigenvalue weighted by Gasteiger charge is -2.16. The Morgan fingerprint density at radius 3 is 2.50 bits per heavy atom. The molecule has 0 radical (unpaired) electrons. The largest absolute Gasteiger partial charge is 0.440 e. The second-order valence-electron chi connectivity index (χ2n) is 3.61. The predicted molar refractivity (Wildman–Crippen MR) is 55.5 cm³/mol. The number of amides is 1. The molecule has 1 atom stereocenters. The van der Waals surface area contributed by atoms with E-state index in [9.17, 15) is 4.79 Å². The van der Waals surface area contributed by atoms with Crippen molar-refractivity contribution in [3.05, 3.63) is 23.1 Å². The minimum atomic E-state index is -0.224. The average Bonchev–Trinajstić information content (AvgIpc) is 2.51. The van der Waals surface area contributed by atoms with Crippen LogP contribution in [0, 0.1) is 5.92 Å². The van der Waals surface area contributed by atoms with Crippen LogP contribution < -0.4 is 5.32 Å². The van der Waals surface area contributed by atoms with Crippen LogP contribution in [0.1, 0.15) is 31.3 Å². The predicted octanol–water partition coefficient (Wildman–Crippen LogP) is 2.71. The van der Waals surface area contributed by atoms with Crippen LogP contribution in [0.3, 0.4) is 0 Å². The molecule has 3 nitrogen and oxygen atoms in total. The molecular weight excluding hydrogens is 202 g/mol. The number of nitrogens with one attached hydrogen (secondary N) is 1. The van der Waals surface area contributed by atoms with Crippen LogP contribution >= 0.6 is 11.6 Å². The molecule has 1 unspecified atom stereocenters. The van der Waals surface area contributed by atoms with Gasteiger partial charge < -0.3 is 9.73 Å². The first kappa shape index (κ1) is 11.1. The second kappa shape index (κ2) is 4.51. The van der Waals surface area contributed by atoms with Crippen molar-refractivity contribution in [2.75, 3.05) is 0 Å². The van der Waals surface area contributed by atoms with Gasteiger partial charge in [0.05, 0.1) is 0 Å². The van der Waals surface area contributed by atoms with E-state index in [4.69, 9.17) is 16.0 Å². The number of rotatable bonds is 3. The van der Waals surface area contributed by atoms with Gasteiger partial charge >= 0.3 is 0 Å². The summed E-state index contributed by atoms with van der Waals surface area (Å²) in [4.78, 5) is 11.5. The minimum absolute atomic E-state index is 0.117. The van der Waals surface area contributed by atoms with Crippen molar-refractivity contribution in [1.82, 2.24) is 5.32 Å². The van der Waals surface area contributed by atoms with E-state index in [1.807, 2.05) is 20.8 Å². The lowest BCUT2D eigenvalue weighted by molar-refractivity contribution is 0.0902. The van der Waals surface area contributed by atoms with Gasteiger partial charge in [0.15, 0.2) is 11.0 Å². The van der Waals surface area contributed by atoms with Gasteiger partial charge in [0.2, 0.25) is 0 Å². The van der Waals surface area contributed by atoms with Crippen molar-refractivity contribution >= 4 is 17.5 Å². The van der Waals surface area contributed by atoms with Gasteiger partial charge in [0.25, 0.3) is 5.91 Å². The molecule has 1 aromatic heterocycles. The molecule has 1 amide bonds. The second-order valence-corrected chi connectivity index (χ2v) is 3.98. The van der Waals surface area contributed by atoms with Gasteiger partial charge in [0, 0.05) is 6.04 Å². The standard InChI is InChI=1S/C10H14ClNO2/c1-6(2)7(3)12-10(13)8-4-5-9(11)14-8/h4-7H,1-3H3,(H,12,13). The normalized spacial score (nSPS) is 12.9. The summed E-state index contributed by atoms with van der Waals surface area (Å²) < 4.78 is 4.98. The summed E-state index contributed by atoms with van der Waals surface area (Å²) in [5.74, 6) is 0.421. The summed E-state index contributed by atoms with van der Waals surface area (Å²) in [6, 6.07) is 3.23. The van der Waals surface area contributed by atoms with Crippen molar-refractivity contribution in [3.63, 3.8) is 0 Å². The first-order valence-corrected chi connectivity index (χ1v) is 4.94. The Labute approximate surface area is 88.4 Å². The summed E-state index contributed by atoms with van der Waals surface area (Å²) in [6.45, 7) is 6.03. The number of hydrogen-bond acceptors (Lipinski definition) is 2. The highest BCUT2D eigenvalue weighted by Crippen LogP contribution is 2.13. The highest BCUT2D eigenvalue weighted by atomic mass is 35.5. The molecule has 0 bridgehead atoms. The molecule has 0 aliphatic rings. The molecule has 4 heteroatoms. The van der Waals surface area contributed by atoms with Crippen molar-refractivity contribution in [3.8, 4) is 0 Å². The third-order valence-electron chi connectivity index (χ3n) is 2.16. The summed E-state index contributed by atoms with van der Waals surface area (Å²) in [7, 11) is 0. The van der Waals surface area contributed by atoms with E-state index < -0.39 is 0 Å². The lowest BCUT2D eigenvalue weighted by Crippen LogP contribution is -2.35. The molecule has 1 rings (SSSR count). The van der Waals surface area contributed by atoms with Crippen molar-refractivity contribution in [2.24, 2.45) is 5.92 Å². The van der Waals surface area contributed by atoms with Crippen molar-refractivity contribution < 1.29 is 9.21 Å². The Morgan fingerprint density at radius 2 is 2.07 bits per heavy atom. The average molecular weight is 216 g/mol. The molecule has 0 fully saturated rings. The fourth-order valence-corrected chi connectivity index (χ4v) is 1.03. The van der Waals surface area contributed by atoms with Crippen molar-refractivity contribution in [2.45, 2.75) is 26.8 Å². The van der Waals surface area contributed by atoms with Crippen LogP contribution in [-0.4, -0.2) is 11.9 Å². The van der Waals surface area contributed by atoms with Crippen LogP contribution in [0.5, 0.6) is 0 Å². The van der Waals surface area contributed by atoms with E-state index in [0.29, 0.717) is 5.92 Å². The molecule has 1 aromatic rings. The lowest BCUT2D eigenvalue weighted by atomic mass is 10.1. The van der Waals surface area contributed by atoms with E-state index >= 15 is 0 Å². The number of carbonyl (C=O) groups is 1. The molecule has 14 heavy (non-hydrogen) atoms. The maximum absolute atomic E-state index is 11.5. The maximum atomic E-state index is 11.5. The Kier molecular flexibility index (Phi) is 3.58. The molecular formula is C10H14ClNO2. The summed E-state index contributed by atoms with van der Waals surface area (Å²) in [6.07, 6.45) is 0. The number of halogens is 1. The Bertz CT molecular complexity index is 320. The molecule has 1 heterocycles. The minimum Gasteiger partial charge on any atom is -0.440 e.